The lowest BCUT2D eigenvalue weighted by atomic mass is 10.1. The average Bonchev–Trinajstić information content (AvgIpc) is 2.39. The predicted molar refractivity (Wildman–Crippen MR) is 74.4 cm³/mol. The van der Waals surface area contributed by atoms with Crippen molar-refractivity contribution in [1.29, 1.82) is 0 Å². The minimum Gasteiger partial charge on any atom is -0.493 e. The van der Waals surface area contributed by atoms with Crippen LogP contribution in [0.4, 0.5) is 0 Å². The van der Waals surface area contributed by atoms with Crippen LogP contribution in [0.1, 0.15) is 17.3 Å². The first-order chi connectivity index (χ1) is 9.10. The highest BCUT2D eigenvalue weighted by atomic mass is 16.5. The third kappa shape index (κ3) is 4.54. The van der Waals surface area contributed by atoms with E-state index in [1.54, 1.807) is 31.2 Å². The first-order valence-corrected chi connectivity index (χ1v) is 6.32. The number of amides is 1. The van der Waals surface area contributed by atoms with Gasteiger partial charge in [0, 0.05) is 26.7 Å². The second kappa shape index (κ2) is 7.76. The number of benzene rings is 1. The molecule has 5 nitrogen and oxygen atoms in total. The van der Waals surface area contributed by atoms with Gasteiger partial charge in [0.1, 0.15) is 5.75 Å². The van der Waals surface area contributed by atoms with Gasteiger partial charge in [0.15, 0.2) is 0 Å². The SMILES string of the molecule is CCOc1ccccc1C(=O)N(C)CC(N)COC. The Labute approximate surface area is 114 Å². The van der Waals surface area contributed by atoms with Gasteiger partial charge in [-0.05, 0) is 19.1 Å². The van der Waals surface area contributed by atoms with Gasteiger partial charge in [-0.1, -0.05) is 12.1 Å². The van der Waals surface area contributed by atoms with Crippen LogP contribution < -0.4 is 10.5 Å². The molecule has 0 saturated carbocycles. The second-order valence-electron chi connectivity index (χ2n) is 4.33. The molecule has 1 atom stereocenters. The Morgan fingerprint density at radius 1 is 1.42 bits per heavy atom. The number of rotatable bonds is 7. The largest absolute Gasteiger partial charge is 0.493 e. The van der Waals surface area contributed by atoms with E-state index in [-0.39, 0.29) is 11.9 Å². The first-order valence-electron chi connectivity index (χ1n) is 6.32. The lowest BCUT2D eigenvalue weighted by molar-refractivity contribution is 0.0760. The highest BCUT2D eigenvalue weighted by Crippen LogP contribution is 2.19. The van der Waals surface area contributed by atoms with Crippen LogP contribution in [-0.4, -0.2) is 50.8 Å². The Bertz CT molecular complexity index is 409. The van der Waals surface area contributed by atoms with Crippen molar-refractivity contribution in [3.63, 3.8) is 0 Å². The topological polar surface area (TPSA) is 64.8 Å². The Hall–Kier alpha value is -1.59. The van der Waals surface area contributed by atoms with Gasteiger partial charge in [-0.25, -0.2) is 0 Å². The van der Waals surface area contributed by atoms with E-state index in [4.69, 9.17) is 15.2 Å². The van der Waals surface area contributed by atoms with Gasteiger partial charge in [0.2, 0.25) is 0 Å². The maximum atomic E-state index is 12.3. The number of likely N-dealkylation sites (N-methyl/N-ethyl adjacent to an activating group) is 1. The third-order valence-electron chi connectivity index (χ3n) is 2.65. The number of para-hydroxylation sites is 1. The molecule has 0 spiro atoms. The lowest BCUT2D eigenvalue weighted by Crippen LogP contribution is -2.41. The van der Waals surface area contributed by atoms with Crippen LogP contribution in [0.5, 0.6) is 5.75 Å². The van der Waals surface area contributed by atoms with Crippen LogP contribution in [-0.2, 0) is 4.74 Å². The zero-order valence-corrected chi connectivity index (χ0v) is 11.8. The molecule has 19 heavy (non-hydrogen) atoms. The third-order valence-corrected chi connectivity index (χ3v) is 2.65. The summed E-state index contributed by atoms with van der Waals surface area (Å²) in [6, 6.07) is 7.01. The number of carbonyl (C=O) groups excluding carboxylic acids is 1. The zero-order chi connectivity index (χ0) is 14.3. The summed E-state index contributed by atoms with van der Waals surface area (Å²) in [6.45, 7) is 3.27. The summed E-state index contributed by atoms with van der Waals surface area (Å²) in [6.07, 6.45) is 0. The molecule has 0 heterocycles. The van der Waals surface area contributed by atoms with Gasteiger partial charge in [0.25, 0.3) is 5.91 Å². The zero-order valence-electron chi connectivity index (χ0n) is 11.8. The minimum absolute atomic E-state index is 0.101. The van der Waals surface area contributed by atoms with Crippen LogP contribution in [0.15, 0.2) is 24.3 Å². The standard InChI is InChI=1S/C14H22N2O3/c1-4-19-13-8-6-5-7-12(13)14(17)16(2)9-11(15)10-18-3/h5-8,11H,4,9-10,15H2,1-3H3. The van der Waals surface area contributed by atoms with Gasteiger partial charge in [-0.15, -0.1) is 0 Å². The van der Waals surface area contributed by atoms with E-state index in [1.165, 1.54) is 0 Å². The molecule has 1 amide bonds. The van der Waals surface area contributed by atoms with E-state index in [2.05, 4.69) is 0 Å². The average molecular weight is 266 g/mol. The van der Waals surface area contributed by atoms with Crippen molar-refractivity contribution in [2.24, 2.45) is 5.73 Å². The molecule has 2 N–H and O–H groups in total. The van der Waals surface area contributed by atoms with Crippen LogP contribution in [0.3, 0.4) is 0 Å². The summed E-state index contributed by atoms with van der Waals surface area (Å²) in [7, 11) is 3.31. The fraction of sp³-hybridized carbons (Fsp3) is 0.500. The van der Waals surface area contributed by atoms with Crippen LogP contribution in [0, 0.1) is 0 Å². The van der Waals surface area contributed by atoms with E-state index >= 15 is 0 Å². The molecule has 0 fully saturated rings. The van der Waals surface area contributed by atoms with E-state index in [1.807, 2.05) is 19.1 Å². The molecule has 5 heteroatoms. The van der Waals surface area contributed by atoms with Crippen molar-refractivity contribution in [3.8, 4) is 5.75 Å². The summed E-state index contributed by atoms with van der Waals surface area (Å²) in [4.78, 5) is 13.9. The van der Waals surface area contributed by atoms with Crippen molar-refractivity contribution in [2.45, 2.75) is 13.0 Å². The molecule has 1 aromatic rings. The molecule has 0 aromatic heterocycles. The molecular formula is C14H22N2O3. The monoisotopic (exact) mass is 266 g/mol. The van der Waals surface area contributed by atoms with E-state index < -0.39 is 0 Å². The molecule has 0 aliphatic carbocycles. The number of carbonyl (C=O) groups is 1. The van der Waals surface area contributed by atoms with Gasteiger partial charge in [-0.2, -0.15) is 0 Å². The van der Waals surface area contributed by atoms with Crippen molar-refractivity contribution in [3.05, 3.63) is 29.8 Å². The Kier molecular flexibility index (Phi) is 6.32. The molecule has 1 rings (SSSR count). The number of methoxy groups -OCH3 is 1. The van der Waals surface area contributed by atoms with Crippen molar-refractivity contribution >= 4 is 5.91 Å². The fourth-order valence-electron chi connectivity index (χ4n) is 1.83. The molecule has 1 aromatic carbocycles. The van der Waals surface area contributed by atoms with E-state index in [0.717, 1.165) is 0 Å². The normalized spacial score (nSPS) is 12.0. The summed E-state index contributed by atoms with van der Waals surface area (Å²) < 4.78 is 10.4. The van der Waals surface area contributed by atoms with Gasteiger partial charge >= 0.3 is 0 Å². The number of nitrogens with zero attached hydrogens (tertiary/aromatic N) is 1. The first kappa shape index (κ1) is 15.5. The van der Waals surface area contributed by atoms with Gasteiger partial charge in [0.05, 0.1) is 18.8 Å². The van der Waals surface area contributed by atoms with Crippen LogP contribution in [0.2, 0.25) is 0 Å². The summed E-state index contributed by atoms with van der Waals surface area (Å²) in [5.74, 6) is 0.498. The van der Waals surface area contributed by atoms with Crippen molar-refractivity contribution in [2.75, 3.05) is 33.9 Å². The predicted octanol–water partition coefficient (Wildman–Crippen LogP) is 1.13. The Balaban J connectivity index is 2.76. The van der Waals surface area contributed by atoms with Crippen molar-refractivity contribution in [1.82, 2.24) is 4.90 Å². The number of hydrogen-bond donors (Lipinski definition) is 1. The highest BCUT2D eigenvalue weighted by molar-refractivity contribution is 5.96. The van der Waals surface area contributed by atoms with Crippen LogP contribution in [0.25, 0.3) is 0 Å². The smallest absolute Gasteiger partial charge is 0.257 e. The number of hydrogen-bond acceptors (Lipinski definition) is 4. The van der Waals surface area contributed by atoms with Crippen LogP contribution >= 0.6 is 0 Å². The van der Waals surface area contributed by atoms with E-state index in [9.17, 15) is 4.79 Å². The quantitative estimate of drug-likeness (QED) is 0.803. The summed E-state index contributed by atoms with van der Waals surface area (Å²) in [5, 5.41) is 0. The molecule has 106 valence electrons. The lowest BCUT2D eigenvalue weighted by Gasteiger charge is -2.22. The number of ether oxygens (including phenoxy) is 2. The Morgan fingerprint density at radius 2 is 2.11 bits per heavy atom. The molecule has 0 radical (unpaired) electrons. The van der Waals surface area contributed by atoms with Crippen molar-refractivity contribution < 1.29 is 14.3 Å². The second-order valence-corrected chi connectivity index (χ2v) is 4.33. The van der Waals surface area contributed by atoms with Gasteiger partial charge in [-0.3, -0.25) is 4.79 Å². The van der Waals surface area contributed by atoms with E-state index in [0.29, 0.717) is 31.1 Å². The molecule has 0 bridgehead atoms. The highest BCUT2D eigenvalue weighted by Gasteiger charge is 2.18. The Morgan fingerprint density at radius 3 is 2.74 bits per heavy atom. The number of nitrogens with two attached hydrogens (primary N) is 1. The maximum Gasteiger partial charge on any atom is 0.257 e. The van der Waals surface area contributed by atoms with Gasteiger partial charge < -0.3 is 20.1 Å². The fourth-order valence-corrected chi connectivity index (χ4v) is 1.83. The molecular weight excluding hydrogens is 244 g/mol. The molecule has 0 aliphatic rings. The minimum atomic E-state index is -0.196. The maximum absolute atomic E-state index is 12.3. The summed E-state index contributed by atoms with van der Waals surface area (Å²) in [5.41, 5.74) is 6.40. The molecule has 0 aliphatic heterocycles. The summed E-state index contributed by atoms with van der Waals surface area (Å²) >= 11 is 0. The molecule has 0 saturated heterocycles. The molecule has 1 unspecified atom stereocenters.